The first-order valence-corrected chi connectivity index (χ1v) is 8.85. The Morgan fingerprint density at radius 2 is 1.25 bits per heavy atom. The lowest BCUT2D eigenvalue weighted by molar-refractivity contribution is 0.0846. The summed E-state index contributed by atoms with van der Waals surface area (Å²) < 4.78 is 5.92. The Morgan fingerprint density at radius 3 is 1.55 bits per heavy atom. The fourth-order valence-corrected chi connectivity index (χ4v) is 7.22. The molecule has 0 aliphatic rings. The van der Waals surface area contributed by atoms with Crippen LogP contribution in [0.25, 0.3) is 0 Å². The third-order valence-corrected chi connectivity index (χ3v) is 5.88. The van der Waals surface area contributed by atoms with E-state index in [-0.39, 0.29) is 29.1 Å². The van der Waals surface area contributed by atoms with Gasteiger partial charge in [0.2, 0.25) is 0 Å². The maximum absolute atomic E-state index is 12.1. The van der Waals surface area contributed by atoms with E-state index in [1.54, 1.807) is 0 Å². The van der Waals surface area contributed by atoms with Gasteiger partial charge in [-0.15, -0.1) is 0 Å². The van der Waals surface area contributed by atoms with Gasteiger partial charge < -0.3 is 4.74 Å². The highest BCUT2D eigenvalue weighted by molar-refractivity contribution is 14.1. The fraction of sp³-hybridized carbons (Fsp3) is 0.182. The summed E-state index contributed by atoms with van der Waals surface area (Å²) in [4.78, 5) is 35.2. The van der Waals surface area contributed by atoms with E-state index >= 15 is 0 Å². The highest BCUT2D eigenvalue weighted by atomic mass is 127. The maximum Gasteiger partial charge on any atom is 0.254 e. The summed E-state index contributed by atoms with van der Waals surface area (Å²) >= 11 is 16.6. The van der Waals surface area contributed by atoms with Crippen molar-refractivity contribution in [2.75, 3.05) is 13.7 Å². The minimum atomic E-state index is -0.749. The van der Waals surface area contributed by atoms with Crippen LogP contribution < -0.4 is 0 Å². The summed E-state index contributed by atoms with van der Waals surface area (Å²) in [6.45, 7) is -0.168. The first-order valence-electron chi connectivity index (χ1n) is 4.86. The average Bonchev–Trinajstić information content (AvgIpc) is 2.27. The number of hydrogen-bond donors (Lipinski definition) is 0. The van der Waals surface area contributed by atoms with Crippen molar-refractivity contribution in [1.29, 1.82) is 0 Å². The molecule has 0 amide bonds. The van der Waals surface area contributed by atoms with Gasteiger partial charge in [0, 0.05) is 23.4 Å². The van der Waals surface area contributed by atoms with E-state index in [2.05, 4.69) is 0 Å². The second kappa shape index (κ2) is 7.99. The SMILES string of the molecule is COCC(=O)c1c(I)c(C(=O)Cl)c(I)c(C(=O)Cl)c1I. The Balaban J connectivity index is 3.80. The molecule has 0 heterocycles. The van der Waals surface area contributed by atoms with Gasteiger partial charge in [-0.25, -0.2) is 0 Å². The Morgan fingerprint density at radius 1 is 0.900 bits per heavy atom. The molecule has 0 spiro atoms. The van der Waals surface area contributed by atoms with E-state index in [0.29, 0.717) is 10.7 Å². The number of ether oxygens (including phenoxy) is 1. The van der Waals surface area contributed by atoms with Crippen LogP contribution >= 0.6 is 91.0 Å². The van der Waals surface area contributed by atoms with Crippen LogP contribution in [0.15, 0.2) is 0 Å². The molecular formula is C11H5Cl2I3O4. The van der Waals surface area contributed by atoms with Crippen LogP contribution in [0, 0.1) is 10.7 Å². The van der Waals surface area contributed by atoms with Crippen molar-refractivity contribution in [3.8, 4) is 0 Å². The van der Waals surface area contributed by atoms with Crippen LogP contribution in [0.3, 0.4) is 0 Å². The topological polar surface area (TPSA) is 60.4 Å². The highest BCUT2D eigenvalue weighted by Crippen LogP contribution is 2.34. The van der Waals surface area contributed by atoms with E-state index in [1.807, 2.05) is 67.8 Å². The van der Waals surface area contributed by atoms with Crippen molar-refractivity contribution in [3.63, 3.8) is 0 Å². The molecule has 1 rings (SSSR count). The number of methoxy groups -OCH3 is 1. The van der Waals surface area contributed by atoms with Gasteiger partial charge in [-0.2, -0.15) is 0 Å². The largest absolute Gasteiger partial charge is 0.377 e. The van der Waals surface area contributed by atoms with E-state index < -0.39 is 10.5 Å². The van der Waals surface area contributed by atoms with Crippen molar-refractivity contribution in [3.05, 3.63) is 27.4 Å². The monoisotopic (exact) mass is 652 g/mol. The van der Waals surface area contributed by atoms with E-state index in [1.165, 1.54) is 7.11 Å². The minimum absolute atomic E-state index is 0.108. The van der Waals surface area contributed by atoms with Crippen molar-refractivity contribution >= 4 is 107 Å². The van der Waals surface area contributed by atoms with Crippen molar-refractivity contribution in [2.24, 2.45) is 0 Å². The van der Waals surface area contributed by atoms with Crippen molar-refractivity contribution < 1.29 is 19.1 Å². The first kappa shape index (κ1) is 19.0. The van der Waals surface area contributed by atoms with Gasteiger partial charge in [0.1, 0.15) is 6.61 Å². The van der Waals surface area contributed by atoms with Gasteiger partial charge in [-0.05, 0) is 91.0 Å². The molecule has 0 aromatic heterocycles. The Labute approximate surface area is 165 Å². The van der Waals surface area contributed by atoms with Gasteiger partial charge in [0.25, 0.3) is 10.5 Å². The summed E-state index contributed by atoms with van der Waals surface area (Å²) in [5.74, 6) is -0.351. The van der Waals surface area contributed by atoms with Gasteiger partial charge in [0.05, 0.1) is 11.1 Å². The molecule has 0 saturated heterocycles. The maximum atomic E-state index is 12.1. The lowest BCUT2D eigenvalue weighted by Gasteiger charge is -2.14. The summed E-state index contributed by atoms with van der Waals surface area (Å²) in [6.07, 6.45) is 0. The molecule has 9 heteroatoms. The Bertz CT molecular complexity index is 575. The molecule has 0 aliphatic heterocycles. The average molecular weight is 653 g/mol. The quantitative estimate of drug-likeness (QED) is 0.273. The molecule has 0 aliphatic carbocycles. The molecule has 1 aromatic rings. The summed E-state index contributed by atoms with van der Waals surface area (Å²) in [7, 11) is 1.38. The van der Waals surface area contributed by atoms with Crippen LogP contribution in [0.2, 0.25) is 0 Å². The second-order valence-electron chi connectivity index (χ2n) is 3.47. The summed E-state index contributed by atoms with van der Waals surface area (Å²) in [6, 6.07) is 0. The zero-order valence-electron chi connectivity index (χ0n) is 9.73. The number of benzene rings is 1. The van der Waals surface area contributed by atoms with E-state index in [9.17, 15) is 14.4 Å². The molecule has 1 aromatic carbocycles. The summed E-state index contributed by atoms with van der Waals surface area (Å²) in [5.41, 5.74) is 0.440. The number of ketones is 1. The zero-order valence-corrected chi connectivity index (χ0v) is 17.7. The van der Waals surface area contributed by atoms with E-state index in [0.717, 1.165) is 0 Å². The number of Topliss-reactive ketones (excluding diaryl/α,β-unsaturated/α-hetero) is 1. The number of rotatable bonds is 5. The predicted octanol–water partition coefficient (Wildman–Crippen LogP) is 4.09. The third kappa shape index (κ3) is 3.83. The number of carbonyl (C=O) groups excluding carboxylic acids is 3. The van der Waals surface area contributed by atoms with Gasteiger partial charge >= 0.3 is 0 Å². The van der Waals surface area contributed by atoms with Crippen molar-refractivity contribution in [2.45, 2.75) is 0 Å². The molecule has 4 nitrogen and oxygen atoms in total. The molecule has 0 saturated carbocycles. The third-order valence-electron chi connectivity index (χ3n) is 2.26. The molecule has 0 fully saturated rings. The van der Waals surface area contributed by atoms with Gasteiger partial charge in [-0.3, -0.25) is 14.4 Å². The number of hydrogen-bond acceptors (Lipinski definition) is 4. The molecule has 0 bridgehead atoms. The minimum Gasteiger partial charge on any atom is -0.377 e. The molecule has 0 N–H and O–H groups in total. The molecule has 108 valence electrons. The van der Waals surface area contributed by atoms with E-state index in [4.69, 9.17) is 27.9 Å². The molecule has 0 radical (unpaired) electrons. The number of carbonyl (C=O) groups is 3. The number of halogens is 5. The summed E-state index contributed by atoms with van der Waals surface area (Å²) in [5, 5.41) is -1.50. The van der Waals surface area contributed by atoms with Crippen LogP contribution in [-0.4, -0.2) is 30.0 Å². The van der Waals surface area contributed by atoms with Crippen LogP contribution in [0.1, 0.15) is 31.1 Å². The van der Waals surface area contributed by atoms with Crippen LogP contribution in [0.4, 0.5) is 0 Å². The molecule has 20 heavy (non-hydrogen) atoms. The Kier molecular flexibility index (Phi) is 7.60. The second-order valence-corrected chi connectivity index (χ2v) is 7.39. The smallest absolute Gasteiger partial charge is 0.254 e. The van der Waals surface area contributed by atoms with Gasteiger partial charge in [-0.1, -0.05) is 0 Å². The lowest BCUT2D eigenvalue weighted by atomic mass is 10.0. The molecular weight excluding hydrogens is 648 g/mol. The Hall–Kier alpha value is 0.960. The fourth-order valence-electron chi connectivity index (χ4n) is 1.46. The van der Waals surface area contributed by atoms with Gasteiger partial charge in [0.15, 0.2) is 5.78 Å². The molecule has 0 unspecified atom stereocenters. The highest BCUT2D eigenvalue weighted by Gasteiger charge is 2.28. The van der Waals surface area contributed by atoms with Crippen LogP contribution in [0.5, 0.6) is 0 Å². The zero-order chi connectivity index (χ0) is 15.6. The van der Waals surface area contributed by atoms with Crippen molar-refractivity contribution in [1.82, 2.24) is 0 Å². The first-order chi connectivity index (χ1) is 9.23. The molecule has 0 atom stereocenters. The standard InChI is InChI=1S/C11H5Cl2I3O4/c1-20-2-3(17)4-7(14)5(10(12)18)9(16)6(8(4)15)11(13)19/h2H2,1H3. The lowest BCUT2D eigenvalue weighted by Crippen LogP contribution is -2.18. The van der Waals surface area contributed by atoms with Crippen LogP contribution in [-0.2, 0) is 4.74 Å². The normalized spacial score (nSPS) is 10.5. The predicted molar refractivity (Wildman–Crippen MR) is 101 cm³/mol.